The van der Waals surface area contributed by atoms with Gasteiger partial charge >= 0.3 is 5.97 Å². The summed E-state index contributed by atoms with van der Waals surface area (Å²) in [7, 11) is 0. The van der Waals surface area contributed by atoms with Crippen LogP contribution in [0.3, 0.4) is 0 Å². The van der Waals surface area contributed by atoms with Gasteiger partial charge in [-0.15, -0.1) is 0 Å². The second-order valence-electron chi connectivity index (χ2n) is 6.82. The van der Waals surface area contributed by atoms with Gasteiger partial charge in [-0.3, -0.25) is 4.79 Å². The second kappa shape index (κ2) is 12.1. The predicted octanol–water partition coefficient (Wildman–Crippen LogP) is 5.89. The van der Waals surface area contributed by atoms with Crippen molar-refractivity contribution in [1.82, 2.24) is 0 Å². The maximum Gasteiger partial charge on any atom is 0.308 e. The highest BCUT2D eigenvalue weighted by Crippen LogP contribution is 2.25. The van der Waals surface area contributed by atoms with Crippen molar-refractivity contribution < 1.29 is 9.53 Å². The molecule has 0 bridgehead atoms. The highest BCUT2D eigenvalue weighted by atomic mass is 16.5. The average Bonchev–Trinajstić information content (AvgIpc) is 2.53. The SMILES string of the molecule is CCCCCCC(CCCC)COC(=O)C1CCCCC1. The van der Waals surface area contributed by atoms with Crippen LogP contribution in [0.2, 0.25) is 0 Å². The maximum atomic E-state index is 12.1. The van der Waals surface area contributed by atoms with E-state index in [1.807, 2.05) is 0 Å². The van der Waals surface area contributed by atoms with Crippen LogP contribution in [-0.4, -0.2) is 12.6 Å². The molecule has 0 saturated heterocycles. The van der Waals surface area contributed by atoms with Gasteiger partial charge in [-0.25, -0.2) is 0 Å². The Kier molecular flexibility index (Phi) is 10.6. The van der Waals surface area contributed by atoms with Crippen molar-refractivity contribution in [2.75, 3.05) is 6.61 Å². The first-order chi connectivity index (χ1) is 10.3. The number of hydrogen-bond donors (Lipinski definition) is 0. The monoisotopic (exact) mass is 296 g/mol. The molecule has 0 spiro atoms. The molecule has 21 heavy (non-hydrogen) atoms. The van der Waals surface area contributed by atoms with Crippen LogP contribution in [0.15, 0.2) is 0 Å². The highest BCUT2D eigenvalue weighted by molar-refractivity contribution is 5.72. The van der Waals surface area contributed by atoms with E-state index in [9.17, 15) is 4.79 Å². The average molecular weight is 296 g/mol. The maximum absolute atomic E-state index is 12.1. The van der Waals surface area contributed by atoms with Gasteiger partial charge in [0, 0.05) is 0 Å². The van der Waals surface area contributed by atoms with E-state index in [1.54, 1.807) is 0 Å². The van der Waals surface area contributed by atoms with E-state index in [0.717, 1.165) is 12.8 Å². The highest BCUT2D eigenvalue weighted by Gasteiger charge is 2.23. The zero-order valence-corrected chi connectivity index (χ0v) is 14.4. The fourth-order valence-corrected chi connectivity index (χ4v) is 3.32. The van der Waals surface area contributed by atoms with Crippen LogP contribution in [-0.2, 0) is 9.53 Å². The summed E-state index contributed by atoms with van der Waals surface area (Å²) >= 11 is 0. The van der Waals surface area contributed by atoms with Gasteiger partial charge in [0.05, 0.1) is 12.5 Å². The minimum Gasteiger partial charge on any atom is -0.465 e. The molecule has 0 aromatic heterocycles. The van der Waals surface area contributed by atoms with Crippen LogP contribution < -0.4 is 0 Å². The lowest BCUT2D eigenvalue weighted by Crippen LogP contribution is -2.23. The summed E-state index contributed by atoms with van der Waals surface area (Å²) in [6.45, 7) is 5.16. The molecule has 1 saturated carbocycles. The fraction of sp³-hybridized carbons (Fsp3) is 0.947. The molecule has 1 aliphatic carbocycles. The minimum atomic E-state index is 0.0877. The molecular formula is C19H36O2. The van der Waals surface area contributed by atoms with Crippen LogP contribution in [0.25, 0.3) is 0 Å². The van der Waals surface area contributed by atoms with Gasteiger partial charge in [0.15, 0.2) is 0 Å². The molecule has 2 nitrogen and oxygen atoms in total. The molecule has 1 atom stereocenters. The Morgan fingerprint density at radius 3 is 2.29 bits per heavy atom. The third-order valence-electron chi connectivity index (χ3n) is 4.83. The van der Waals surface area contributed by atoms with E-state index in [4.69, 9.17) is 4.74 Å². The number of carbonyl (C=O) groups is 1. The topological polar surface area (TPSA) is 26.3 Å². The van der Waals surface area contributed by atoms with Crippen LogP contribution in [0.4, 0.5) is 0 Å². The third kappa shape index (κ3) is 8.48. The van der Waals surface area contributed by atoms with Gasteiger partial charge in [-0.1, -0.05) is 71.6 Å². The lowest BCUT2D eigenvalue weighted by atomic mass is 9.89. The molecule has 0 N–H and O–H groups in total. The van der Waals surface area contributed by atoms with Crippen molar-refractivity contribution in [2.45, 2.75) is 97.3 Å². The summed E-state index contributed by atoms with van der Waals surface area (Å²) in [5, 5.41) is 0. The van der Waals surface area contributed by atoms with Crippen LogP contribution in [0.5, 0.6) is 0 Å². The summed E-state index contributed by atoms with van der Waals surface area (Å²) in [6, 6.07) is 0. The molecule has 0 aliphatic heterocycles. The summed E-state index contributed by atoms with van der Waals surface area (Å²) < 4.78 is 5.66. The molecule has 0 aromatic carbocycles. The van der Waals surface area contributed by atoms with E-state index < -0.39 is 0 Å². The van der Waals surface area contributed by atoms with Crippen molar-refractivity contribution in [2.24, 2.45) is 11.8 Å². The summed E-state index contributed by atoms with van der Waals surface area (Å²) in [6.07, 6.45) is 16.0. The van der Waals surface area contributed by atoms with E-state index >= 15 is 0 Å². The van der Waals surface area contributed by atoms with Gasteiger partial charge in [-0.05, 0) is 31.6 Å². The Balaban J connectivity index is 2.24. The molecule has 1 fully saturated rings. The van der Waals surface area contributed by atoms with Crippen molar-refractivity contribution in [3.05, 3.63) is 0 Å². The van der Waals surface area contributed by atoms with Crippen LogP contribution in [0, 0.1) is 11.8 Å². The molecule has 1 unspecified atom stereocenters. The standard InChI is InChI=1S/C19H36O2/c1-3-5-7-9-13-17(12-6-4-2)16-21-19(20)18-14-10-8-11-15-18/h17-18H,3-16H2,1-2H3. The third-order valence-corrected chi connectivity index (χ3v) is 4.83. The molecule has 0 aromatic rings. The Morgan fingerprint density at radius 2 is 1.62 bits per heavy atom. The normalized spacial score (nSPS) is 17.6. The first-order valence-electron chi connectivity index (χ1n) is 9.44. The van der Waals surface area contributed by atoms with E-state index in [1.165, 1.54) is 70.6 Å². The molecule has 1 aliphatic rings. The Hall–Kier alpha value is -0.530. The molecule has 0 amide bonds. The van der Waals surface area contributed by atoms with Gasteiger partial charge in [-0.2, -0.15) is 0 Å². The largest absolute Gasteiger partial charge is 0.465 e. The number of esters is 1. The van der Waals surface area contributed by atoms with Crippen molar-refractivity contribution >= 4 is 5.97 Å². The Labute approximate surface area is 132 Å². The molecule has 1 rings (SSSR count). The van der Waals surface area contributed by atoms with Gasteiger partial charge in [0.1, 0.15) is 0 Å². The van der Waals surface area contributed by atoms with E-state index in [-0.39, 0.29) is 11.9 Å². The van der Waals surface area contributed by atoms with Gasteiger partial charge in [0.25, 0.3) is 0 Å². The fourth-order valence-electron chi connectivity index (χ4n) is 3.32. The van der Waals surface area contributed by atoms with Crippen molar-refractivity contribution in [1.29, 1.82) is 0 Å². The van der Waals surface area contributed by atoms with Crippen molar-refractivity contribution in [3.8, 4) is 0 Å². The first kappa shape index (κ1) is 18.5. The van der Waals surface area contributed by atoms with E-state index in [0.29, 0.717) is 12.5 Å². The Morgan fingerprint density at radius 1 is 0.952 bits per heavy atom. The zero-order valence-electron chi connectivity index (χ0n) is 14.4. The molecule has 124 valence electrons. The van der Waals surface area contributed by atoms with E-state index in [2.05, 4.69) is 13.8 Å². The lowest BCUT2D eigenvalue weighted by molar-refractivity contribution is -0.151. The predicted molar refractivity (Wildman–Crippen MR) is 89.3 cm³/mol. The molecular weight excluding hydrogens is 260 g/mol. The van der Waals surface area contributed by atoms with Gasteiger partial charge < -0.3 is 4.74 Å². The second-order valence-corrected chi connectivity index (χ2v) is 6.82. The summed E-state index contributed by atoms with van der Waals surface area (Å²) in [4.78, 5) is 12.1. The lowest BCUT2D eigenvalue weighted by Gasteiger charge is -2.22. The molecule has 2 heteroatoms. The van der Waals surface area contributed by atoms with Crippen LogP contribution >= 0.6 is 0 Å². The number of hydrogen-bond acceptors (Lipinski definition) is 2. The molecule has 0 radical (unpaired) electrons. The van der Waals surface area contributed by atoms with Gasteiger partial charge in [0.2, 0.25) is 0 Å². The summed E-state index contributed by atoms with van der Waals surface area (Å²) in [5.74, 6) is 0.879. The smallest absolute Gasteiger partial charge is 0.308 e. The quantitative estimate of drug-likeness (QED) is 0.351. The Bertz CT molecular complexity index is 256. The van der Waals surface area contributed by atoms with Crippen LogP contribution in [0.1, 0.15) is 97.3 Å². The number of unbranched alkanes of at least 4 members (excludes halogenated alkanes) is 4. The van der Waals surface area contributed by atoms with Crippen molar-refractivity contribution in [3.63, 3.8) is 0 Å². The number of ether oxygens (including phenoxy) is 1. The number of rotatable bonds is 11. The summed E-state index contributed by atoms with van der Waals surface area (Å²) in [5.41, 5.74) is 0. The number of carbonyl (C=O) groups excluding carboxylic acids is 1. The zero-order chi connectivity index (χ0) is 15.3. The molecule has 0 heterocycles. The minimum absolute atomic E-state index is 0.0877. The first-order valence-corrected chi connectivity index (χ1v) is 9.44.